The smallest absolute Gasteiger partial charge is 0.255 e. The van der Waals surface area contributed by atoms with Crippen molar-refractivity contribution in [3.63, 3.8) is 0 Å². The number of nitrogens with one attached hydrogen (secondary N) is 1. The first-order valence-corrected chi connectivity index (χ1v) is 10.8. The normalized spacial score (nSPS) is 16.3. The zero-order valence-corrected chi connectivity index (χ0v) is 17.3. The summed E-state index contributed by atoms with van der Waals surface area (Å²) in [5.74, 6) is -0.123. The summed E-state index contributed by atoms with van der Waals surface area (Å²) in [6.07, 6.45) is 0.609. The van der Waals surface area contributed by atoms with E-state index in [0.29, 0.717) is 17.7 Å². The highest BCUT2D eigenvalue weighted by Gasteiger charge is 2.34. The third-order valence-electron chi connectivity index (χ3n) is 5.07. The molecule has 0 aromatic heterocycles. The number of aryl methyl sites for hydroxylation is 3. The second-order valence-electron chi connectivity index (χ2n) is 7.32. The van der Waals surface area contributed by atoms with Crippen molar-refractivity contribution in [2.75, 3.05) is 15.4 Å². The van der Waals surface area contributed by atoms with Crippen molar-refractivity contribution < 1.29 is 13.2 Å². The maximum Gasteiger partial charge on any atom is 0.255 e. The lowest BCUT2D eigenvalue weighted by Crippen LogP contribution is -2.36. The molecule has 0 unspecified atom stereocenters. The molecule has 5 nitrogen and oxygen atoms in total. The van der Waals surface area contributed by atoms with Gasteiger partial charge in [-0.15, -0.1) is 0 Å². The first-order valence-electron chi connectivity index (χ1n) is 9.18. The van der Waals surface area contributed by atoms with Crippen molar-refractivity contribution in [1.29, 1.82) is 0 Å². The van der Waals surface area contributed by atoms with Gasteiger partial charge in [0.1, 0.15) is 0 Å². The van der Waals surface area contributed by atoms with Gasteiger partial charge in [0.25, 0.3) is 5.91 Å². The topological polar surface area (TPSA) is 66.5 Å². The average Bonchev–Trinajstić information content (AvgIpc) is 2.93. The predicted molar refractivity (Wildman–Crippen MR) is 110 cm³/mol. The summed E-state index contributed by atoms with van der Waals surface area (Å²) in [5, 5.41) is 3.01. The number of rotatable bonds is 4. The summed E-state index contributed by atoms with van der Waals surface area (Å²) < 4.78 is 26.3. The van der Waals surface area contributed by atoms with E-state index in [1.54, 1.807) is 19.1 Å². The lowest BCUT2D eigenvalue weighted by Gasteiger charge is -2.23. The number of hydrogen-bond acceptors (Lipinski definition) is 3. The van der Waals surface area contributed by atoms with E-state index in [9.17, 15) is 13.2 Å². The molecule has 0 spiro atoms. The van der Waals surface area contributed by atoms with Crippen molar-refractivity contribution in [3.05, 3.63) is 58.1 Å². The molecule has 0 fully saturated rings. The zero-order chi connectivity index (χ0) is 19.9. The summed E-state index contributed by atoms with van der Waals surface area (Å²) in [7, 11) is -3.32. The Kier molecular flexibility index (Phi) is 5.04. The minimum absolute atomic E-state index is 0.0605. The fourth-order valence-electron chi connectivity index (χ4n) is 3.87. The van der Waals surface area contributed by atoms with E-state index in [-0.39, 0.29) is 17.7 Å². The van der Waals surface area contributed by atoms with Gasteiger partial charge in [-0.3, -0.25) is 9.10 Å². The highest BCUT2D eigenvalue weighted by Crippen LogP contribution is 2.35. The summed E-state index contributed by atoms with van der Waals surface area (Å²) in [6.45, 7) is 9.53. The van der Waals surface area contributed by atoms with Crippen LogP contribution in [0, 0.1) is 20.8 Å². The van der Waals surface area contributed by atoms with Gasteiger partial charge in [0.15, 0.2) is 0 Å². The summed E-state index contributed by atoms with van der Waals surface area (Å²) in [4.78, 5) is 12.8. The number of carbonyl (C=O) groups excluding carboxylic acids is 1. The Labute approximate surface area is 161 Å². The van der Waals surface area contributed by atoms with Gasteiger partial charge in [0.05, 0.1) is 11.4 Å². The third kappa shape index (κ3) is 3.58. The van der Waals surface area contributed by atoms with E-state index in [4.69, 9.17) is 0 Å². The number of nitrogens with zero attached hydrogens (tertiary/aromatic N) is 1. The quantitative estimate of drug-likeness (QED) is 0.865. The molecule has 6 heteroatoms. The van der Waals surface area contributed by atoms with Crippen LogP contribution < -0.4 is 9.62 Å². The molecule has 0 radical (unpaired) electrons. The molecule has 27 heavy (non-hydrogen) atoms. The Balaban J connectivity index is 1.91. The molecule has 0 bridgehead atoms. The number of benzene rings is 2. The van der Waals surface area contributed by atoms with Crippen LogP contribution in [0.3, 0.4) is 0 Å². The van der Waals surface area contributed by atoms with E-state index in [1.807, 2.05) is 45.9 Å². The molecular formula is C21H26N2O3S. The lowest BCUT2D eigenvalue weighted by molar-refractivity contribution is 0.102. The largest absolute Gasteiger partial charge is 0.322 e. The van der Waals surface area contributed by atoms with Crippen LogP contribution in [-0.4, -0.2) is 26.1 Å². The fraction of sp³-hybridized carbons (Fsp3) is 0.381. The minimum atomic E-state index is -3.32. The monoisotopic (exact) mass is 386 g/mol. The summed E-state index contributed by atoms with van der Waals surface area (Å²) in [5.41, 5.74) is 6.15. The van der Waals surface area contributed by atoms with Crippen molar-refractivity contribution in [2.45, 2.75) is 47.1 Å². The molecule has 3 rings (SSSR count). The van der Waals surface area contributed by atoms with Crippen LogP contribution in [0.1, 0.15) is 46.5 Å². The molecular weight excluding hydrogens is 360 g/mol. The van der Waals surface area contributed by atoms with Crippen LogP contribution in [-0.2, 0) is 16.4 Å². The highest BCUT2D eigenvalue weighted by atomic mass is 32.2. The Bertz CT molecular complexity index is 989. The Morgan fingerprint density at radius 3 is 2.37 bits per heavy atom. The van der Waals surface area contributed by atoms with E-state index >= 15 is 0 Å². The van der Waals surface area contributed by atoms with E-state index in [1.165, 1.54) is 4.31 Å². The second kappa shape index (κ2) is 7.00. The fourth-order valence-corrected chi connectivity index (χ4v) is 5.25. The minimum Gasteiger partial charge on any atom is -0.322 e. The Morgan fingerprint density at radius 1 is 1.15 bits per heavy atom. The molecule has 1 atom stereocenters. The van der Waals surface area contributed by atoms with Gasteiger partial charge in [0, 0.05) is 17.3 Å². The van der Waals surface area contributed by atoms with Gasteiger partial charge in [-0.1, -0.05) is 17.7 Å². The first-order chi connectivity index (χ1) is 12.6. The van der Waals surface area contributed by atoms with Crippen LogP contribution in [0.25, 0.3) is 0 Å². The predicted octanol–water partition coefficient (Wildman–Crippen LogP) is 3.96. The lowest BCUT2D eigenvalue weighted by atomic mass is 10.0. The number of sulfonamides is 1. The standard InChI is InChI=1S/C21H26N2O3S/c1-6-27(25,26)23-16(5)11-18-12-17(7-8-19(18)23)21(24)22-20-14(3)9-13(2)10-15(20)4/h7-10,12,16H,6,11H2,1-5H3,(H,22,24)/t16-/m0/s1. The van der Waals surface area contributed by atoms with Crippen molar-refractivity contribution in [3.8, 4) is 0 Å². The van der Waals surface area contributed by atoms with Gasteiger partial charge in [-0.2, -0.15) is 0 Å². The van der Waals surface area contributed by atoms with Gasteiger partial charge < -0.3 is 5.32 Å². The molecule has 0 saturated carbocycles. The Hall–Kier alpha value is -2.34. The maximum atomic E-state index is 12.8. The van der Waals surface area contributed by atoms with E-state index < -0.39 is 10.0 Å². The van der Waals surface area contributed by atoms with Crippen LogP contribution in [0.2, 0.25) is 0 Å². The number of anilines is 2. The SMILES string of the molecule is CCS(=O)(=O)N1c2ccc(C(=O)Nc3c(C)cc(C)cc3C)cc2C[C@@H]1C. The van der Waals surface area contributed by atoms with Crippen molar-refractivity contribution >= 4 is 27.3 Å². The number of amides is 1. The molecule has 1 heterocycles. The van der Waals surface area contributed by atoms with Crippen molar-refractivity contribution in [1.82, 2.24) is 0 Å². The average molecular weight is 387 g/mol. The van der Waals surface area contributed by atoms with Gasteiger partial charge in [-0.25, -0.2) is 8.42 Å². The van der Waals surface area contributed by atoms with E-state index in [2.05, 4.69) is 5.32 Å². The van der Waals surface area contributed by atoms with Gasteiger partial charge in [-0.05, 0) is 75.9 Å². The molecule has 2 aromatic carbocycles. The summed E-state index contributed by atoms with van der Waals surface area (Å²) in [6, 6.07) is 9.20. The van der Waals surface area contributed by atoms with Crippen LogP contribution in [0.15, 0.2) is 30.3 Å². The molecule has 0 aliphatic carbocycles. The highest BCUT2D eigenvalue weighted by molar-refractivity contribution is 7.92. The third-order valence-corrected chi connectivity index (χ3v) is 6.96. The molecule has 1 N–H and O–H groups in total. The van der Waals surface area contributed by atoms with Gasteiger partial charge >= 0.3 is 0 Å². The zero-order valence-electron chi connectivity index (χ0n) is 16.5. The first kappa shape index (κ1) is 19.4. The maximum absolute atomic E-state index is 12.8. The molecule has 2 aromatic rings. The Morgan fingerprint density at radius 2 is 1.78 bits per heavy atom. The number of hydrogen-bond donors (Lipinski definition) is 1. The van der Waals surface area contributed by atoms with Crippen LogP contribution >= 0.6 is 0 Å². The van der Waals surface area contributed by atoms with Crippen LogP contribution in [0.4, 0.5) is 11.4 Å². The number of carbonyl (C=O) groups is 1. The molecule has 0 saturated heterocycles. The molecule has 1 aliphatic rings. The van der Waals surface area contributed by atoms with Gasteiger partial charge in [0.2, 0.25) is 10.0 Å². The molecule has 1 aliphatic heterocycles. The summed E-state index contributed by atoms with van der Waals surface area (Å²) >= 11 is 0. The second-order valence-corrected chi connectivity index (χ2v) is 9.46. The number of fused-ring (bicyclic) bond motifs is 1. The van der Waals surface area contributed by atoms with Crippen LogP contribution in [0.5, 0.6) is 0 Å². The van der Waals surface area contributed by atoms with Crippen molar-refractivity contribution in [2.24, 2.45) is 0 Å². The molecule has 144 valence electrons. The van der Waals surface area contributed by atoms with E-state index in [0.717, 1.165) is 27.9 Å². The molecule has 1 amide bonds.